The van der Waals surface area contributed by atoms with Crippen molar-refractivity contribution in [2.24, 2.45) is 5.10 Å². The van der Waals surface area contributed by atoms with E-state index in [0.717, 1.165) is 10.0 Å². The van der Waals surface area contributed by atoms with Crippen LogP contribution in [0.3, 0.4) is 0 Å². The number of amides is 1. The van der Waals surface area contributed by atoms with Crippen molar-refractivity contribution in [3.8, 4) is 5.75 Å². The van der Waals surface area contributed by atoms with Gasteiger partial charge < -0.3 is 9.84 Å². The number of hydrogen-bond donors (Lipinski definition) is 3. The van der Waals surface area contributed by atoms with Gasteiger partial charge in [0.2, 0.25) is 5.91 Å². The minimum Gasteiger partial charge on any atom is -0.496 e. The number of hydrazone groups is 1. The van der Waals surface area contributed by atoms with E-state index in [1.165, 1.54) is 12.3 Å². The summed E-state index contributed by atoms with van der Waals surface area (Å²) in [6.45, 7) is 0. The van der Waals surface area contributed by atoms with Crippen molar-refractivity contribution in [2.75, 3.05) is 7.11 Å². The van der Waals surface area contributed by atoms with Crippen LogP contribution in [-0.2, 0) is 11.2 Å². The lowest BCUT2D eigenvalue weighted by Crippen LogP contribution is -2.20. The molecule has 0 aliphatic rings. The number of nitrogens with zero attached hydrogens (tertiary/aromatic N) is 1. The van der Waals surface area contributed by atoms with Gasteiger partial charge in [-0.15, -0.1) is 0 Å². The highest BCUT2D eigenvalue weighted by Crippen LogP contribution is 2.21. The predicted octanol–water partition coefficient (Wildman–Crippen LogP) is 1.17. The number of carbonyl (C=O) groups is 1. The average Bonchev–Trinajstić information content (AvgIpc) is 2.84. The SMILES string of the molecule is COc1ccc(Br)cc1C=NNC(=O)Cc1cc(=O)[nH][nH]1. The lowest BCUT2D eigenvalue weighted by Gasteiger charge is -2.04. The second-order valence-electron chi connectivity index (χ2n) is 4.14. The van der Waals surface area contributed by atoms with E-state index in [9.17, 15) is 9.59 Å². The van der Waals surface area contributed by atoms with E-state index in [2.05, 4.69) is 36.7 Å². The molecular weight excluding hydrogens is 340 g/mol. The number of H-pyrrole nitrogens is 2. The quantitative estimate of drug-likeness (QED) is 0.556. The third-order valence-corrected chi connectivity index (χ3v) is 3.08. The number of halogens is 1. The second-order valence-corrected chi connectivity index (χ2v) is 5.06. The fraction of sp³-hybridized carbons (Fsp3) is 0.154. The molecule has 0 saturated carbocycles. The monoisotopic (exact) mass is 352 g/mol. The van der Waals surface area contributed by atoms with Crippen LogP contribution in [-0.4, -0.2) is 29.4 Å². The van der Waals surface area contributed by atoms with E-state index in [1.807, 2.05) is 12.1 Å². The lowest BCUT2D eigenvalue weighted by molar-refractivity contribution is -0.120. The van der Waals surface area contributed by atoms with Crippen LogP contribution in [0.4, 0.5) is 0 Å². The zero-order valence-electron chi connectivity index (χ0n) is 11.1. The maximum absolute atomic E-state index is 11.6. The van der Waals surface area contributed by atoms with E-state index < -0.39 is 0 Å². The molecule has 0 radical (unpaired) electrons. The minimum absolute atomic E-state index is 0.0334. The summed E-state index contributed by atoms with van der Waals surface area (Å²) in [5, 5.41) is 8.82. The number of methoxy groups -OCH3 is 1. The summed E-state index contributed by atoms with van der Waals surface area (Å²) in [6.07, 6.45) is 1.52. The minimum atomic E-state index is -0.338. The van der Waals surface area contributed by atoms with Crippen molar-refractivity contribution in [2.45, 2.75) is 6.42 Å². The number of aromatic nitrogens is 2. The van der Waals surface area contributed by atoms with Gasteiger partial charge in [-0.3, -0.25) is 14.7 Å². The van der Waals surface area contributed by atoms with Gasteiger partial charge in [0.15, 0.2) is 0 Å². The van der Waals surface area contributed by atoms with Crippen LogP contribution in [0.1, 0.15) is 11.3 Å². The fourth-order valence-corrected chi connectivity index (χ4v) is 2.04. The Morgan fingerprint density at radius 2 is 2.24 bits per heavy atom. The molecule has 0 spiro atoms. The Bertz CT molecular complexity index is 720. The van der Waals surface area contributed by atoms with Gasteiger partial charge in [-0.2, -0.15) is 5.10 Å². The summed E-state index contributed by atoms with van der Waals surface area (Å²) in [5.41, 5.74) is 3.32. The highest BCUT2D eigenvalue weighted by Gasteiger charge is 2.05. The summed E-state index contributed by atoms with van der Waals surface area (Å²) in [7, 11) is 1.56. The molecule has 0 atom stereocenters. The molecule has 0 fully saturated rings. The van der Waals surface area contributed by atoms with Crippen LogP contribution in [0.2, 0.25) is 0 Å². The maximum atomic E-state index is 11.6. The first-order valence-electron chi connectivity index (χ1n) is 6.00. The van der Waals surface area contributed by atoms with Gasteiger partial charge in [0, 0.05) is 21.8 Å². The molecule has 2 rings (SSSR count). The van der Waals surface area contributed by atoms with Gasteiger partial charge in [-0.05, 0) is 18.2 Å². The topological polar surface area (TPSA) is 99.3 Å². The number of nitrogens with one attached hydrogen (secondary N) is 3. The van der Waals surface area contributed by atoms with Crippen molar-refractivity contribution in [3.63, 3.8) is 0 Å². The molecule has 1 heterocycles. The molecule has 3 N–H and O–H groups in total. The molecular formula is C13H13BrN4O3. The molecule has 0 bridgehead atoms. The van der Waals surface area contributed by atoms with Crippen LogP contribution < -0.4 is 15.7 Å². The van der Waals surface area contributed by atoms with E-state index in [4.69, 9.17) is 4.74 Å². The summed E-state index contributed by atoms with van der Waals surface area (Å²) < 4.78 is 6.06. The number of benzene rings is 1. The summed E-state index contributed by atoms with van der Waals surface area (Å²) >= 11 is 3.35. The molecule has 0 aliphatic carbocycles. The smallest absolute Gasteiger partial charge is 0.264 e. The molecule has 7 nitrogen and oxygen atoms in total. The van der Waals surface area contributed by atoms with Crippen molar-refractivity contribution >= 4 is 28.1 Å². The Morgan fingerprint density at radius 1 is 1.43 bits per heavy atom. The molecule has 0 aliphatic heterocycles. The van der Waals surface area contributed by atoms with E-state index >= 15 is 0 Å². The Labute approximate surface area is 128 Å². The third kappa shape index (κ3) is 4.32. The van der Waals surface area contributed by atoms with Crippen LogP contribution in [0.5, 0.6) is 5.75 Å². The van der Waals surface area contributed by atoms with Gasteiger partial charge in [0.05, 0.1) is 19.7 Å². The molecule has 1 aromatic carbocycles. The van der Waals surface area contributed by atoms with Crippen LogP contribution >= 0.6 is 15.9 Å². The zero-order valence-corrected chi connectivity index (χ0v) is 12.7. The van der Waals surface area contributed by atoms with Crippen molar-refractivity contribution < 1.29 is 9.53 Å². The summed E-state index contributed by atoms with van der Waals surface area (Å²) in [4.78, 5) is 22.5. The Balaban J connectivity index is 1.97. The highest BCUT2D eigenvalue weighted by atomic mass is 79.9. The normalized spacial score (nSPS) is 10.8. The Morgan fingerprint density at radius 3 is 2.90 bits per heavy atom. The van der Waals surface area contributed by atoms with Gasteiger partial charge in [-0.1, -0.05) is 15.9 Å². The first-order chi connectivity index (χ1) is 10.1. The highest BCUT2D eigenvalue weighted by molar-refractivity contribution is 9.10. The van der Waals surface area contributed by atoms with Crippen molar-refractivity contribution in [1.82, 2.24) is 15.6 Å². The maximum Gasteiger partial charge on any atom is 0.264 e. The van der Waals surface area contributed by atoms with Gasteiger partial charge in [0.25, 0.3) is 5.56 Å². The number of rotatable bonds is 5. The fourth-order valence-electron chi connectivity index (χ4n) is 1.66. The van der Waals surface area contributed by atoms with Gasteiger partial charge >= 0.3 is 0 Å². The second kappa shape index (κ2) is 6.89. The number of carbonyl (C=O) groups excluding carboxylic acids is 1. The van der Waals surface area contributed by atoms with Crippen LogP contribution in [0, 0.1) is 0 Å². The van der Waals surface area contributed by atoms with Crippen molar-refractivity contribution in [1.29, 1.82) is 0 Å². The molecule has 1 amide bonds. The molecule has 8 heteroatoms. The molecule has 1 aromatic heterocycles. The van der Waals surface area contributed by atoms with Crippen molar-refractivity contribution in [3.05, 3.63) is 50.3 Å². The molecule has 0 saturated heterocycles. The van der Waals surface area contributed by atoms with Crippen LogP contribution in [0.15, 0.2) is 38.6 Å². The van der Waals surface area contributed by atoms with E-state index in [0.29, 0.717) is 11.4 Å². The largest absolute Gasteiger partial charge is 0.496 e. The average molecular weight is 353 g/mol. The Kier molecular flexibility index (Phi) is 4.94. The molecule has 110 valence electrons. The lowest BCUT2D eigenvalue weighted by atomic mass is 10.2. The van der Waals surface area contributed by atoms with Gasteiger partial charge in [0.1, 0.15) is 5.75 Å². The zero-order chi connectivity index (χ0) is 15.2. The standard InChI is InChI=1S/C13H13BrN4O3/c1-21-11-3-2-9(14)4-8(11)7-15-17-12(19)5-10-6-13(20)18-16-10/h2-4,6-7H,5H2,1H3,(H,17,19)(H2,16,18,20). The molecule has 2 aromatic rings. The number of hydrogen-bond acceptors (Lipinski definition) is 4. The number of ether oxygens (including phenoxy) is 1. The first-order valence-corrected chi connectivity index (χ1v) is 6.80. The van der Waals surface area contributed by atoms with E-state index in [-0.39, 0.29) is 17.9 Å². The summed E-state index contributed by atoms with van der Waals surface area (Å²) in [6, 6.07) is 6.77. The first kappa shape index (κ1) is 15.0. The Hall–Kier alpha value is -2.35. The molecule has 21 heavy (non-hydrogen) atoms. The van der Waals surface area contributed by atoms with Crippen LogP contribution in [0.25, 0.3) is 0 Å². The summed E-state index contributed by atoms with van der Waals surface area (Å²) in [5.74, 6) is 0.307. The predicted molar refractivity (Wildman–Crippen MR) is 81.5 cm³/mol. The third-order valence-electron chi connectivity index (χ3n) is 2.59. The molecule has 0 unspecified atom stereocenters. The van der Waals surface area contributed by atoms with E-state index in [1.54, 1.807) is 13.2 Å². The van der Waals surface area contributed by atoms with Gasteiger partial charge in [-0.25, -0.2) is 5.43 Å². The number of aromatic amines is 2.